The lowest BCUT2D eigenvalue weighted by Gasteiger charge is -2.07. The molecule has 104 valence electrons. The van der Waals surface area contributed by atoms with Crippen molar-refractivity contribution in [2.75, 3.05) is 0 Å². The van der Waals surface area contributed by atoms with Gasteiger partial charge in [0.2, 0.25) is 0 Å². The summed E-state index contributed by atoms with van der Waals surface area (Å²) in [6.45, 7) is 0.316. The van der Waals surface area contributed by atoms with Crippen molar-refractivity contribution in [3.63, 3.8) is 0 Å². The van der Waals surface area contributed by atoms with Crippen molar-refractivity contribution in [1.82, 2.24) is 0 Å². The molecule has 3 nitrogen and oxygen atoms in total. The first-order chi connectivity index (χ1) is 9.58. The molecule has 0 aliphatic carbocycles. The number of ether oxygens (including phenoxy) is 1. The van der Waals surface area contributed by atoms with Crippen LogP contribution in [0, 0.1) is 5.82 Å². The zero-order chi connectivity index (χ0) is 14.5. The van der Waals surface area contributed by atoms with Crippen LogP contribution in [-0.2, 0) is 18.0 Å². The first-order valence-corrected chi connectivity index (χ1v) is 6.28. The molecule has 0 aliphatic rings. The van der Waals surface area contributed by atoms with E-state index >= 15 is 0 Å². The Morgan fingerprint density at radius 1 is 1.15 bits per heavy atom. The highest BCUT2D eigenvalue weighted by molar-refractivity contribution is 6.31. The topological polar surface area (TPSA) is 46.5 Å². The summed E-state index contributed by atoms with van der Waals surface area (Å²) < 4.78 is 19.0. The molecule has 20 heavy (non-hydrogen) atoms. The van der Waals surface area contributed by atoms with E-state index in [9.17, 15) is 9.18 Å². The summed E-state index contributed by atoms with van der Waals surface area (Å²) in [6, 6.07) is 11.0. The highest BCUT2D eigenvalue weighted by atomic mass is 35.5. The molecule has 2 rings (SSSR count). The summed E-state index contributed by atoms with van der Waals surface area (Å²) >= 11 is 5.97. The maximum Gasteiger partial charge on any atom is 0.335 e. The molecule has 0 amide bonds. The summed E-state index contributed by atoms with van der Waals surface area (Å²) in [6.07, 6.45) is 0. The Bertz CT molecular complexity index is 628. The number of hydrogen-bond donors (Lipinski definition) is 1. The molecule has 0 fully saturated rings. The van der Waals surface area contributed by atoms with Crippen LogP contribution in [0.5, 0.6) is 0 Å². The van der Waals surface area contributed by atoms with Gasteiger partial charge in [0, 0.05) is 10.6 Å². The summed E-state index contributed by atoms with van der Waals surface area (Å²) in [4.78, 5) is 10.7. The molecule has 0 saturated heterocycles. The van der Waals surface area contributed by atoms with Crippen molar-refractivity contribution < 1.29 is 19.0 Å². The average Bonchev–Trinajstić information content (AvgIpc) is 2.42. The Morgan fingerprint density at radius 3 is 2.50 bits per heavy atom. The van der Waals surface area contributed by atoms with Gasteiger partial charge in [-0.1, -0.05) is 35.9 Å². The van der Waals surface area contributed by atoms with E-state index < -0.39 is 11.8 Å². The van der Waals surface area contributed by atoms with Crippen molar-refractivity contribution in [2.45, 2.75) is 13.2 Å². The van der Waals surface area contributed by atoms with Crippen LogP contribution >= 0.6 is 11.6 Å². The van der Waals surface area contributed by atoms with E-state index in [0.717, 1.165) is 11.6 Å². The Morgan fingerprint density at radius 2 is 1.85 bits per heavy atom. The lowest BCUT2D eigenvalue weighted by Crippen LogP contribution is -2.01. The van der Waals surface area contributed by atoms with E-state index in [4.69, 9.17) is 21.4 Å². The lowest BCUT2D eigenvalue weighted by atomic mass is 10.1. The molecule has 0 unspecified atom stereocenters. The van der Waals surface area contributed by atoms with Gasteiger partial charge in [-0.3, -0.25) is 0 Å². The van der Waals surface area contributed by atoms with Gasteiger partial charge in [0.1, 0.15) is 5.82 Å². The predicted octanol–water partition coefficient (Wildman–Crippen LogP) is 3.89. The van der Waals surface area contributed by atoms with Gasteiger partial charge in [-0.15, -0.1) is 0 Å². The molecule has 0 bridgehead atoms. The molecule has 0 aromatic heterocycles. The number of halogens is 2. The van der Waals surface area contributed by atoms with E-state index in [1.54, 1.807) is 6.07 Å². The zero-order valence-corrected chi connectivity index (χ0v) is 11.2. The summed E-state index contributed by atoms with van der Waals surface area (Å²) in [5.74, 6) is -1.75. The van der Waals surface area contributed by atoms with E-state index in [2.05, 4.69) is 0 Å². The van der Waals surface area contributed by atoms with Gasteiger partial charge >= 0.3 is 5.97 Å². The highest BCUT2D eigenvalue weighted by Crippen LogP contribution is 2.17. The van der Waals surface area contributed by atoms with Gasteiger partial charge in [-0.25, -0.2) is 9.18 Å². The fourth-order valence-electron chi connectivity index (χ4n) is 1.68. The van der Waals surface area contributed by atoms with Crippen LogP contribution in [0.25, 0.3) is 0 Å². The molecule has 0 spiro atoms. The number of carboxylic acids is 1. The Labute approximate surface area is 120 Å². The normalized spacial score (nSPS) is 10.5. The summed E-state index contributed by atoms with van der Waals surface area (Å²) in [5.41, 5.74) is 1.04. The fraction of sp³-hybridized carbons (Fsp3) is 0.133. The molecule has 0 saturated carbocycles. The lowest BCUT2D eigenvalue weighted by molar-refractivity contribution is 0.0695. The minimum absolute atomic E-state index is 0.0525. The zero-order valence-electron chi connectivity index (χ0n) is 10.5. The third kappa shape index (κ3) is 3.56. The van der Waals surface area contributed by atoms with Crippen molar-refractivity contribution in [3.05, 3.63) is 70.0 Å². The number of aromatic carboxylic acids is 1. The highest BCUT2D eigenvalue weighted by Gasteiger charge is 2.08. The number of benzene rings is 2. The Hall–Kier alpha value is -1.91. The molecule has 1 N–H and O–H groups in total. The van der Waals surface area contributed by atoms with E-state index in [1.807, 2.05) is 18.2 Å². The number of hydrogen-bond acceptors (Lipinski definition) is 2. The van der Waals surface area contributed by atoms with Crippen molar-refractivity contribution in [1.29, 1.82) is 0 Å². The number of carboxylic acid groups (broad SMARTS) is 1. The van der Waals surface area contributed by atoms with Gasteiger partial charge < -0.3 is 9.84 Å². The largest absolute Gasteiger partial charge is 0.478 e. The molecule has 0 heterocycles. The maximum atomic E-state index is 13.6. The van der Waals surface area contributed by atoms with E-state index in [-0.39, 0.29) is 18.8 Å². The SMILES string of the molecule is O=C(O)c1ccc(COCc2ccccc2Cl)c(F)c1. The van der Waals surface area contributed by atoms with Crippen LogP contribution in [0.15, 0.2) is 42.5 Å². The smallest absolute Gasteiger partial charge is 0.335 e. The van der Waals surface area contributed by atoms with Gasteiger partial charge in [0.15, 0.2) is 0 Å². The standard InChI is InChI=1S/C15H12ClFO3/c16-13-4-2-1-3-11(13)8-20-9-12-6-5-10(15(18)19)7-14(12)17/h1-7H,8-9H2,(H,18,19). The second kappa shape index (κ2) is 6.50. The third-order valence-corrected chi connectivity index (χ3v) is 3.14. The van der Waals surface area contributed by atoms with Gasteiger partial charge in [0.05, 0.1) is 18.8 Å². The van der Waals surface area contributed by atoms with Gasteiger partial charge in [0.25, 0.3) is 0 Å². The van der Waals surface area contributed by atoms with Crippen LogP contribution in [0.1, 0.15) is 21.5 Å². The summed E-state index contributed by atoms with van der Waals surface area (Å²) in [7, 11) is 0. The monoisotopic (exact) mass is 294 g/mol. The molecule has 2 aromatic carbocycles. The number of rotatable bonds is 5. The molecular weight excluding hydrogens is 283 g/mol. The molecule has 0 aliphatic heterocycles. The van der Waals surface area contributed by atoms with Crippen LogP contribution in [0.3, 0.4) is 0 Å². The van der Waals surface area contributed by atoms with Crippen LogP contribution in [0.4, 0.5) is 4.39 Å². The van der Waals surface area contributed by atoms with Gasteiger partial charge in [-0.2, -0.15) is 0 Å². The van der Waals surface area contributed by atoms with Crippen molar-refractivity contribution >= 4 is 17.6 Å². The van der Waals surface area contributed by atoms with Gasteiger partial charge in [-0.05, 0) is 23.8 Å². The Kier molecular flexibility index (Phi) is 4.71. The minimum Gasteiger partial charge on any atom is -0.478 e. The minimum atomic E-state index is -1.16. The maximum absolute atomic E-state index is 13.6. The Balaban J connectivity index is 1.98. The predicted molar refractivity (Wildman–Crippen MR) is 73.3 cm³/mol. The van der Waals surface area contributed by atoms with Crippen LogP contribution in [-0.4, -0.2) is 11.1 Å². The van der Waals surface area contributed by atoms with Crippen molar-refractivity contribution in [3.8, 4) is 0 Å². The van der Waals surface area contributed by atoms with Crippen LogP contribution < -0.4 is 0 Å². The second-order valence-electron chi connectivity index (χ2n) is 4.20. The van der Waals surface area contributed by atoms with Crippen molar-refractivity contribution in [2.24, 2.45) is 0 Å². The fourth-order valence-corrected chi connectivity index (χ4v) is 1.87. The van der Waals surface area contributed by atoms with Crippen LogP contribution in [0.2, 0.25) is 5.02 Å². The number of carbonyl (C=O) groups is 1. The van der Waals surface area contributed by atoms with E-state index in [1.165, 1.54) is 12.1 Å². The first-order valence-electron chi connectivity index (χ1n) is 5.91. The first kappa shape index (κ1) is 14.5. The summed E-state index contributed by atoms with van der Waals surface area (Å²) in [5, 5.41) is 9.33. The quantitative estimate of drug-likeness (QED) is 0.910. The molecule has 0 radical (unpaired) electrons. The molecular formula is C15H12ClFO3. The molecule has 0 atom stereocenters. The molecule has 2 aromatic rings. The molecule has 5 heteroatoms. The van der Waals surface area contributed by atoms with E-state index in [0.29, 0.717) is 10.6 Å². The average molecular weight is 295 g/mol. The third-order valence-electron chi connectivity index (χ3n) is 2.77. The second-order valence-corrected chi connectivity index (χ2v) is 4.60.